The number of benzene rings is 2. The van der Waals surface area contributed by atoms with E-state index < -0.39 is 11.3 Å². The van der Waals surface area contributed by atoms with Crippen molar-refractivity contribution in [3.63, 3.8) is 0 Å². The molecule has 13 heteroatoms. The zero-order valence-corrected chi connectivity index (χ0v) is 24.3. The molecular weight excluding hydrogens is 566 g/mol. The minimum absolute atomic E-state index is 0.0381. The lowest BCUT2D eigenvalue weighted by molar-refractivity contribution is -0.117. The fourth-order valence-corrected chi connectivity index (χ4v) is 5.93. The van der Waals surface area contributed by atoms with E-state index in [1.807, 2.05) is 30.3 Å². The number of nitrogens with zero attached hydrogens (tertiary/aromatic N) is 3. The largest absolute Gasteiger partial charge is 0.495 e. The van der Waals surface area contributed by atoms with Gasteiger partial charge in [0.2, 0.25) is 23.1 Å². The molecule has 0 saturated heterocycles. The summed E-state index contributed by atoms with van der Waals surface area (Å²) in [5.74, 6) is 1.43. The van der Waals surface area contributed by atoms with Crippen LogP contribution in [-0.4, -0.2) is 55.8 Å². The molecule has 0 bridgehead atoms. The van der Waals surface area contributed by atoms with E-state index in [0.717, 1.165) is 36.8 Å². The molecule has 3 aromatic rings. The number of ether oxygens (including phenoxy) is 1. The molecule has 2 heterocycles. The zero-order chi connectivity index (χ0) is 28.8. The summed E-state index contributed by atoms with van der Waals surface area (Å²) in [5.41, 5.74) is 3.37. The van der Waals surface area contributed by atoms with Gasteiger partial charge in [0.25, 0.3) is 0 Å². The van der Waals surface area contributed by atoms with Gasteiger partial charge in [0.1, 0.15) is 10.8 Å². The van der Waals surface area contributed by atoms with Crippen LogP contribution < -0.4 is 25.4 Å². The third kappa shape index (κ3) is 7.72. The van der Waals surface area contributed by atoms with Gasteiger partial charge in [-0.05, 0) is 42.0 Å². The molecule has 1 aliphatic carbocycles. The number of halogens is 1. The molecule has 1 amide bonds. The lowest BCUT2D eigenvalue weighted by Crippen LogP contribution is -2.39. The normalized spacial score (nSPS) is 19.9. The van der Waals surface area contributed by atoms with Crippen LogP contribution in [0.1, 0.15) is 36.8 Å². The Morgan fingerprint density at radius 1 is 1.20 bits per heavy atom. The van der Waals surface area contributed by atoms with E-state index in [9.17, 15) is 9.00 Å². The highest BCUT2D eigenvalue weighted by Gasteiger charge is 2.27. The highest BCUT2D eigenvalue weighted by Crippen LogP contribution is 2.36. The van der Waals surface area contributed by atoms with E-state index in [1.165, 1.54) is 6.20 Å². The molecule has 0 spiro atoms. The second kappa shape index (κ2) is 13.6. The van der Waals surface area contributed by atoms with Gasteiger partial charge in [-0.25, -0.2) is 13.9 Å². The van der Waals surface area contributed by atoms with Crippen LogP contribution in [0.15, 0.2) is 48.7 Å². The maximum atomic E-state index is 12.8. The van der Waals surface area contributed by atoms with E-state index in [1.54, 1.807) is 7.11 Å². The van der Waals surface area contributed by atoms with Gasteiger partial charge in [-0.1, -0.05) is 54.8 Å². The van der Waals surface area contributed by atoms with Crippen LogP contribution in [0.25, 0.3) is 0 Å². The number of amides is 1. The fourth-order valence-electron chi connectivity index (χ4n) is 5.42. The van der Waals surface area contributed by atoms with Crippen molar-refractivity contribution in [2.75, 3.05) is 36.1 Å². The predicted octanol–water partition coefficient (Wildman–Crippen LogP) is 4.53. The molecule has 1 fully saturated rings. The zero-order valence-electron chi connectivity index (χ0n) is 22.7. The number of hydrogen-bond acceptors (Lipinski definition) is 8. The van der Waals surface area contributed by atoms with Crippen LogP contribution in [0.4, 0.5) is 23.1 Å². The quantitative estimate of drug-likeness (QED) is 0.212. The Kier molecular flexibility index (Phi) is 9.68. The van der Waals surface area contributed by atoms with E-state index in [4.69, 9.17) is 20.9 Å². The molecule has 1 unspecified atom stereocenters. The Labute approximate surface area is 246 Å². The van der Waals surface area contributed by atoms with Gasteiger partial charge < -0.3 is 20.7 Å². The summed E-state index contributed by atoms with van der Waals surface area (Å²) in [6.45, 7) is 1.91. The maximum absolute atomic E-state index is 12.8. The number of carbonyl (C=O) groups excluding carboxylic acids is 1. The molecule has 0 radical (unpaired) electrons. The van der Waals surface area contributed by atoms with Crippen molar-refractivity contribution in [1.82, 2.24) is 19.6 Å². The summed E-state index contributed by atoms with van der Waals surface area (Å²) in [6.07, 6.45) is 5.46. The summed E-state index contributed by atoms with van der Waals surface area (Å²) in [4.78, 5) is 23.8. The van der Waals surface area contributed by atoms with E-state index in [0.29, 0.717) is 53.5 Å². The highest BCUT2D eigenvalue weighted by molar-refractivity contribution is 7.77. The average molecular weight is 600 g/mol. The minimum Gasteiger partial charge on any atom is -0.495 e. The summed E-state index contributed by atoms with van der Waals surface area (Å²) in [5, 5.41) is 10.0. The van der Waals surface area contributed by atoms with Gasteiger partial charge in [0, 0.05) is 31.4 Å². The highest BCUT2D eigenvalue weighted by atomic mass is 35.5. The first-order valence-electron chi connectivity index (χ1n) is 13.6. The Balaban J connectivity index is 1.34. The smallest absolute Gasteiger partial charge is 0.238 e. The van der Waals surface area contributed by atoms with Crippen LogP contribution in [0.3, 0.4) is 0 Å². The van der Waals surface area contributed by atoms with Crippen LogP contribution in [0, 0.1) is 5.92 Å². The second-order valence-corrected chi connectivity index (χ2v) is 11.5. The van der Waals surface area contributed by atoms with Crippen LogP contribution >= 0.6 is 11.6 Å². The van der Waals surface area contributed by atoms with Crippen molar-refractivity contribution < 1.29 is 18.3 Å². The third-order valence-electron chi connectivity index (χ3n) is 7.40. The Morgan fingerprint density at radius 2 is 2.00 bits per heavy atom. The maximum Gasteiger partial charge on any atom is 0.238 e. The van der Waals surface area contributed by atoms with Gasteiger partial charge in [-0.3, -0.25) is 14.2 Å². The SMILES string of the molecule is COc1cc2c(cc1Nc1ncc(Cl)c(N[C@@H]3CCCC[C@@H]3CNS(=O)O)n1)NC(=O)CN(Cc1ccccc1)C2. The Hall–Kier alpha value is -3.29. The van der Waals surface area contributed by atoms with E-state index in [-0.39, 0.29) is 24.4 Å². The fraction of sp³-hybridized carbons (Fsp3) is 0.393. The molecule has 41 heavy (non-hydrogen) atoms. The number of fused-ring (bicyclic) bond motifs is 1. The van der Waals surface area contributed by atoms with Crippen molar-refractivity contribution in [3.8, 4) is 5.75 Å². The number of hydrogen-bond donors (Lipinski definition) is 5. The third-order valence-corrected chi connectivity index (χ3v) is 8.09. The summed E-state index contributed by atoms with van der Waals surface area (Å²) >= 11 is 4.40. The predicted molar refractivity (Wildman–Crippen MR) is 161 cm³/mol. The monoisotopic (exact) mass is 599 g/mol. The topological polar surface area (TPSA) is 141 Å². The molecule has 1 aliphatic heterocycles. The molecule has 2 aliphatic rings. The summed E-state index contributed by atoms with van der Waals surface area (Å²) < 4.78 is 28.6. The van der Waals surface area contributed by atoms with Crippen molar-refractivity contribution in [2.45, 2.75) is 44.8 Å². The van der Waals surface area contributed by atoms with Crippen molar-refractivity contribution in [1.29, 1.82) is 0 Å². The molecule has 5 N–H and O–H groups in total. The van der Waals surface area contributed by atoms with Gasteiger partial charge in [-0.2, -0.15) is 4.98 Å². The first-order valence-corrected chi connectivity index (χ1v) is 15.0. The minimum atomic E-state index is -2.06. The number of carbonyl (C=O) groups is 1. The number of aromatic nitrogens is 2. The van der Waals surface area contributed by atoms with Gasteiger partial charge in [0.15, 0.2) is 5.82 Å². The Morgan fingerprint density at radius 3 is 2.78 bits per heavy atom. The molecule has 11 nitrogen and oxygen atoms in total. The molecule has 1 aromatic heterocycles. The summed E-state index contributed by atoms with van der Waals surface area (Å²) in [7, 11) is 1.59. The first-order chi connectivity index (χ1) is 19.9. The van der Waals surface area contributed by atoms with Crippen LogP contribution in [0.5, 0.6) is 5.75 Å². The van der Waals surface area contributed by atoms with E-state index >= 15 is 0 Å². The van der Waals surface area contributed by atoms with E-state index in [2.05, 4.69) is 47.7 Å². The van der Waals surface area contributed by atoms with Crippen molar-refractivity contribution >= 4 is 51.9 Å². The van der Waals surface area contributed by atoms with Crippen LogP contribution in [0.2, 0.25) is 5.02 Å². The number of anilines is 4. The summed E-state index contributed by atoms with van der Waals surface area (Å²) in [6, 6.07) is 13.9. The second-order valence-electron chi connectivity index (χ2n) is 10.3. The average Bonchev–Trinajstić information content (AvgIpc) is 3.11. The van der Waals surface area contributed by atoms with Gasteiger partial charge >= 0.3 is 0 Å². The molecule has 1 saturated carbocycles. The lowest BCUT2D eigenvalue weighted by atomic mass is 9.84. The molecule has 2 aromatic carbocycles. The number of methoxy groups -OCH3 is 1. The van der Waals surface area contributed by atoms with Gasteiger partial charge in [0.05, 0.1) is 25.5 Å². The van der Waals surface area contributed by atoms with Crippen molar-refractivity contribution in [3.05, 3.63) is 64.8 Å². The Bertz CT molecular complexity index is 1400. The standard InChI is InChI=1S/C28H34ClN7O4S/c1-40-25-11-20-16-36(15-18-7-3-2-4-8-18)17-26(37)32-23(20)12-24(25)34-28-30-14-21(29)27(35-28)33-22-10-6-5-9-19(22)13-31-41(38)39/h2-4,7-8,11-12,14,19,22,31H,5-6,9-10,13,15-17H2,1H3,(H,32,37)(H,38,39)(H2,30,33,34,35)/t19-,22-/m1/s1. The van der Waals surface area contributed by atoms with Crippen LogP contribution in [-0.2, 0) is 29.2 Å². The molecule has 3 atom stereocenters. The molecular formula is C28H34ClN7O4S. The lowest BCUT2D eigenvalue weighted by Gasteiger charge is -2.32. The molecule has 218 valence electrons. The molecule has 5 rings (SSSR count). The van der Waals surface area contributed by atoms with Crippen molar-refractivity contribution in [2.24, 2.45) is 5.92 Å². The first kappa shape index (κ1) is 29.2. The van der Waals surface area contributed by atoms with Gasteiger partial charge in [-0.15, -0.1) is 0 Å². The number of nitrogens with one attached hydrogen (secondary N) is 4. The number of rotatable bonds is 10.